The number of carbonyl (C=O) groups is 3. The van der Waals surface area contributed by atoms with Crippen LogP contribution in [0.3, 0.4) is 0 Å². The lowest BCUT2D eigenvalue weighted by Gasteiger charge is -2.46. The average molecular weight is 808 g/mol. The van der Waals surface area contributed by atoms with Gasteiger partial charge in [-0.15, -0.1) is 0 Å². The lowest BCUT2D eigenvalue weighted by Crippen LogP contribution is -2.60. The molecule has 3 aliphatic heterocycles. The zero-order valence-electron chi connectivity index (χ0n) is 36.1. The van der Waals surface area contributed by atoms with E-state index in [0.29, 0.717) is 37.1 Å². The molecule has 2 fully saturated rings. The zero-order valence-corrected chi connectivity index (χ0v) is 36.1. The summed E-state index contributed by atoms with van der Waals surface area (Å²) < 4.78 is 37.4. The molecule has 0 aliphatic carbocycles. The van der Waals surface area contributed by atoms with Crippen molar-refractivity contribution in [3.05, 3.63) is 71.8 Å². The van der Waals surface area contributed by atoms with Gasteiger partial charge in [0.15, 0.2) is 11.9 Å². The van der Waals surface area contributed by atoms with E-state index < -0.39 is 71.7 Å². The number of esters is 1. The number of methoxy groups -OCH3 is 1. The Morgan fingerprint density at radius 2 is 1.64 bits per heavy atom. The van der Waals surface area contributed by atoms with Crippen LogP contribution in [-0.4, -0.2) is 115 Å². The highest BCUT2D eigenvalue weighted by atomic mass is 16.7. The number of ketones is 1. The number of hydrogen-bond donors (Lipinski definition) is 2. The summed E-state index contributed by atoms with van der Waals surface area (Å²) in [5.41, 5.74) is 2.14. The minimum absolute atomic E-state index is 0.120. The van der Waals surface area contributed by atoms with Crippen LogP contribution in [-0.2, 0) is 39.7 Å². The number of carbonyl (C=O) groups excluding carboxylic acids is 3. The minimum atomic E-state index is -1.37. The number of ether oxygens (including phenoxy) is 6. The van der Waals surface area contributed by atoms with Gasteiger partial charge in [0.05, 0.1) is 17.8 Å². The Morgan fingerprint density at radius 3 is 2.26 bits per heavy atom. The number of nitrogens with zero attached hydrogens (tertiary/aromatic N) is 2. The van der Waals surface area contributed by atoms with E-state index in [1.807, 2.05) is 108 Å². The van der Waals surface area contributed by atoms with Crippen LogP contribution < -0.4 is 10.2 Å². The van der Waals surface area contributed by atoms with Gasteiger partial charge in [-0.3, -0.25) is 4.79 Å². The molecule has 12 atom stereocenters. The van der Waals surface area contributed by atoms with Crippen molar-refractivity contribution in [2.24, 2.45) is 17.8 Å². The molecule has 58 heavy (non-hydrogen) atoms. The Kier molecular flexibility index (Phi) is 14.8. The molecule has 2 aromatic carbocycles. The molecule has 2 N–H and O–H groups in total. The quantitative estimate of drug-likeness (QED) is 0.240. The zero-order chi connectivity index (χ0) is 42.5. The lowest BCUT2D eigenvalue weighted by molar-refractivity contribution is -0.294. The summed E-state index contributed by atoms with van der Waals surface area (Å²) in [6, 6.07) is 16.2. The maximum absolute atomic E-state index is 14.7. The molecule has 0 aromatic heterocycles. The van der Waals surface area contributed by atoms with Crippen LogP contribution in [0.25, 0.3) is 0 Å². The molecule has 3 aliphatic rings. The summed E-state index contributed by atoms with van der Waals surface area (Å²) in [6.45, 7) is 15.0. The first kappa shape index (κ1) is 45.2. The van der Waals surface area contributed by atoms with E-state index in [0.717, 1.165) is 11.3 Å². The maximum Gasteiger partial charge on any atom is 0.425 e. The predicted molar refractivity (Wildman–Crippen MR) is 219 cm³/mol. The number of nitrogens with one attached hydrogen (secondary N) is 1. The molecule has 13 heteroatoms. The second kappa shape index (κ2) is 19.0. The Hall–Kier alpha value is -3.85. The molecule has 3 heterocycles. The summed E-state index contributed by atoms with van der Waals surface area (Å²) in [5.74, 6) is -1.04. The van der Waals surface area contributed by atoms with Crippen LogP contribution in [0.4, 0.5) is 4.79 Å². The van der Waals surface area contributed by atoms with E-state index in [4.69, 9.17) is 28.4 Å². The standard InChI is InChI=1S/C45H65N3O10/c1-12-36-45(8)39(48(43(52)58-45)46-23-22-32-18-20-34(21-19-32)55-33-16-14-13-15-17-33)31(6)37(49)29(4)26-44(7,53-11)40(27(2)24-28(3)41(51)56-36)57-42-38(50)35(47(9)10)25-30(5)54-42/h13-21,24,27,29-31,35-36,38-40,42,46,50H,12,22-23,25-26H2,1-11H3/b28-24+/t27-,29+,30+,31-,35-,36+,38+,39+,40+,42-,44-,45+/m0/s1. The third kappa shape index (κ3) is 9.94. The number of hydrogen-bond acceptors (Lipinski definition) is 12. The Balaban J connectivity index is 1.43. The van der Waals surface area contributed by atoms with E-state index in [2.05, 4.69) is 5.43 Å². The van der Waals surface area contributed by atoms with Gasteiger partial charge in [-0.1, -0.05) is 64.1 Å². The number of aliphatic hydroxyl groups excluding tert-OH is 1. The van der Waals surface area contributed by atoms with E-state index >= 15 is 0 Å². The fourth-order valence-electron chi connectivity index (χ4n) is 9.11. The molecule has 0 unspecified atom stereocenters. The minimum Gasteiger partial charge on any atom is -0.457 e. The number of fused-ring (bicyclic) bond motifs is 1. The molecular formula is C45H65N3O10. The Morgan fingerprint density at radius 1 is 0.983 bits per heavy atom. The van der Waals surface area contributed by atoms with Crippen molar-refractivity contribution in [2.45, 2.75) is 135 Å². The maximum atomic E-state index is 14.7. The second-order valence-electron chi connectivity index (χ2n) is 17.0. The monoisotopic (exact) mass is 807 g/mol. The number of amides is 1. The smallest absolute Gasteiger partial charge is 0.425 e. The topological polar surface area (TPSA) is 145 Å². The van der Waals surface area contributed by atoms with Crippen molar-refractivity contribution in [1.29, 1.82) is 0 Å². The number of para-hydroxylation sites is 1. The molecule has 2 aromatic rings. The number of rotatable bonds is 11. The molecule has 0 radical (unpaired) electrons. The fraction of sp³-hybridized carbons (Fsp3) is 0.622. The van der Waals surface area contributed by atoms with E-state index in [9.17, 15) is 19.5 Å². The highest BCUT2D eigenvalue weighted by Gasteiger charge is 2.60. The summed E-state index contributed by atoms with van der Waals surface area (Å²) in [6.07, 6.45) is -0.916. The van der Waals surface area contributed by atoms with Gasteiger partial charge >= 0.3 is 12.1 Å². The fourth-order valence-corrected chi connectivity index (χ4v) is 9.11. The van der Waals surface area contributed by atoms with Gasteiger partial charge in [-0.05, 0) is 97.3 Å². The SMILES string of the molecule is CC[C@H]1OC(=O)/C(C)=C/[C@H](C)[C@@H](O[C@@H]2O[C@H](C)C[C@H](N(C)C)[C@H]2O)[C@@](C)(OC)C[C@@H](C)C(=O)[C@H](C)[C@H]2N(NCCc3ccc(Oc4ccccc4)cc3)C(=O)O[C@]12C. The largest absolute Gasteiger partial charge is 0.457 e. The molecule has 5 rings (SSSR count). The van der Waals surface area contributed by atoms with E-state index in [1.165, 1.54) is 5.01 Å². The molecule has 13 nitrogen and oxygen atoms in total. The highest BCUT2D eigenvalue weighted by molar-refractivity contribution is 5.88. The highest BCUT2D eigenvalue weighted by Crippen LogP contribution is 2.42. The summed E-state index contributed by atoms with van der Waals surface area (Å²) in [4.78, 5) is 44.4. The van der Waals surface area contributed by atoms with Crippen molar-refractivity contribution >= 4 is 17.8 Å². The predicted octanol–water partition coefficient (Wildman–Crippen LogP) is 6.47. The Bertz CT molecular complexity index is 1740. The van der Waals surface area contributed by atoms with E-state index in [1.54, 1.807) is 34.0 Å². The van der Waals surface area contributed by atoms with Crippen LogP contribution in [0.1, 0.15) is 80.2 Å². The summed E-state index contributed by atoms with van der Waals surface area (Å²) >= 11 is 0. The summed E-state index contributed by atoms with van der Waals surface area (Å²) in [5, 5.41) is 12.8. The van der Waals surface area contributed by atoms with Crippen molar-refractivity contribution in [1.82, 2.24) is 15.3 Å². The number of cyclic esters (lactones) is 1. The molecular weight excluding hydrogens is 743 g/mol. The number of aliphatic hydroxyl groups is 1. The first-order valence-corrected chi connectivity index (χ1v) is 20.6. The van der Waals surface area contributed by atoms with Crippen LogP contribution in [0, 0.1) is 17.8 Å². The molecule has 2 saturated heterocycles. The van der Waals surface area contributed by atoms with Crippen LogP contribution >= 0.6 is 0 Å². The third-order valence-electron chi connectivity index (χ3n) is 12.3. The molecule has 0 saturated carbocycles. The number of Topliss-reactive ketones (excluding diaryl/α,β-unsaturated/α-hetero) is 1. The first-order valence-electron chi connectivity index (χ1n) is 20.6. The van der Waals surface area contributed by atoms with Crippen LogP contribution in [0.15, 0.2) is 66.2 Å². The van der Waals surface area contributed by atoms with Gasteiger partial charge in [-0.25, -0.2) is 20.0 Å². The van der Waals surface area contributed by atoms with Crippen molar-refractivity contribution in [3.63, 3.8) is 0 Å². The van der Waals surface area contributed by atoms with E-state index in [-0.39, 0.29) is 24.3 Å². The van der Waals surface area contributed by atoms with Crippen molar-refractivity contribution in [3.8, 4) is 11.5 Å². The van der Waals surface area contributed by atoms with Crippen LogP contribution in [0.2, 0.25) is 0 Å². The van der Waals surface area contributed by atoms with Gasteiger partial charge in [0, 0.05) is 43.0 Å². The lowest BCUT2D eigenvalue weighted by atomic mass is 9.74. The Labute approximate surface area is 344 Å². The van der Waals surface area contributed by atoms with Gasteiger partial charge in [0.25, 0.3) is 0 Å². The normalized spacial score (nSPS) is 36.1. The van der Waals surface area contributed by atoms with Gasteiger partial charge in [0.2, 0.25) is 0 Å². The second-order valence-corrected chi connectivity index (χ2v) is 17.0. The first-order chi connectivity index (χ1) is 27.4. The summed E-state index contributed by atoms with van der Waals surface area (Å²) in [7, 11) is 5.39. The van der Waals surface area contributed by atoms with Crippen molar-refractivity contribution < 1.29 is 47.9 Å². The van der Waals surface area contributed by atoms with Gasteiger partial charge in [-0.2, -0.15) is 0 Å². The van der Waals surface area contributed by atoms with Crippen LogP contribution in [0.5, 0.6) is 11.5 Å². The number of benzene rings is 2. The third-order valence-corrected chi connectivity index (χ3v) is 12.3. The van der Waals surface area contributed by atoms with Crippen molar-refractivity contribution in [2.75, 3.05) is 27.7 Å². The molecule has 0 spiro atoms. The molecule has 0 bridgehead atoms. The number of hydrazine groups is 1. The molecule has 1 amide bonds. The molecule has 320 valence electrons. The van der Waals surface area contributed by atoms with Gasteiger partial charge in [0.1, 0.15) is 35.5 Å². The average Bonchev–Trinajstić information content (AvgIpc) is 3.45. The van der Waals surface area contributed by atoms with Gasteiger partial charge < -0.3 is 38.4 Å². The number of likely N-dealkylation sites (N-methyl/N-ethyl adjacent to an activating group) is 1.